The summed E-state index contributed by atoms with van der Waals surface area (Å²) in [5, 5.41) is 17.0. The van der Waals surface area contributed by atoms with E-state index >= 15 is 0 Å². The Morgan fingerprint density at radius 3 is 2.50 bits per heavy atom. The Kier molecular flexibility index (Phi) is 15.6. The number of ether oxygens (including phenoxy) is 2. The number of likely N-dealkylation sites (tertiary alicyclic amines) is 1. The van der Waals surface area contributed by atoms with Gasteiger partial charge >= 0.3 is 0 Å². The van der Waals surface area contributed by atoms with Crippen LogP contribution in [0.25, 0.3) is 33.3 Å². The summed E-state index contributed by atoms with van der Waals surface area (Å²) in [5.74, 6) is -1.14. The number of hydrazine groups is 1. The van der Waals surface area contributed by atoms with Crippen LogP contribution in [-0.4, -0.2) is 119 Å². The second kappa shape index (κ2) is 20.7. The van der Waals surface area contributed by atoms with Gasteiger partial charge < -0.3 is 34.3 Å². The summed E-state index contributed by atoms with van der Waals surface area (Å²) in [6, 6.07) is 13.9. The molecule has 64 heavy (non-hydrogen) atoms. The summed E-state index contributed by atoms with van der Waals surface area (Å²) in [6.07, 6.45) is 4.66. The lowest BCUT2D eigenvalue weighted by atomic mass is 9.84. The highest BCUT2D eigenvalue weighted by Gasteiger charge is 2.38. The first-order chi connectivity index (χ1) is 30.5. The quantitative estimate of drug-likeness (QED) is 0.0940. The zero-order valence-corrected chi connectivity index (χ0v) is 39.4. The molecule has 0 saturated carbocycles. The van der Waals surface area contributed by atoms with E-state index in [0.29, 0.717) is 38.1 Å². The largest absolute Gasteiger partial charge is 0.508 e. The first kappa shape index (κ1) is 48.2. The number of nitrogens with one attached hydrogen (secondary N) is 2. The molecule has 14 heteroatoms. The van der Waals surface area contributed by atoms with Crippen LogP contribution in [0.5, 0.6) is 5.75 Å². The zero-order chi connectivity index (χ0) is 46.5. The van der Waals surface area contributed by atoms with Crippen LogP contribution in [-0.2, 0) is 48.0 Å². The number of aromatic hydroxyl groups is 1. The number of hydrogen-bond donors (Lipinski definition) is 3. The Morgan fingerprint density at radius 1 is 1.08 bits per heavy atom. The Morgan fingerprint density at radius 2 is 1.84 bits per heavy atom. The molecule has 4 aromatic rings. The van der Waals surface area contributed by atoms with Gasteiger partial charge in [-0.05, 0) is 125 Å². The van der Waals surface area contributed by atoms with Gasteiger partial charge in [-0.1, -0.05) is 39.8 Å². The number of nitrogens with zero attached hydrogens (tertiary/aromatic N) is 5. The van der Waals surface area contributed by atoms with E-state index in [-0.39, 0.29) is 54.6 Å². The van der Waals surface area contributed by atoms with Crippen LogP contribution in [0.3, 0.4) is 0 Å². The molecule has 0 bridgehead atoms. The van der Waals surface area contributed by atoms with Gasteiger partial charge in [-0.25, -0.2) is 5.43 Å². The van der Waals surface area contributed by atoms with Crippen LogP contribution in [0, 0.1) is 17.3 Å². The Labute approximate surface area is 378 Å². The van der Waals surface area contributed by atoms with Crippen LogP contribution in [0.2, 0.25) is 0 Å². The maximum atomic E-state index is 14.5. The molecule has 6 rings (SSSR count). The number of methoxy groups -OCH3 is 1. The molecule has 2 aromatic heterocycles. The lowest BCUT2D eigenvalue weighted by Crippen LogP contribution is -2.60. The molecule has 4 unspecified atom stereocenters. The fraction of sp³-hybridized carbons (Fsp3) is 0.540. The van der Waals surface area contributed by atoms with E-state index in [1.54, 1.807) is 42.4 Å². The molecular formula is C50H69N7O7. The second-order valence-electron chi connectivity index (χ2n) is 19.1. The van der Waals surface area contributed by atoms with E-state index in [2.05, 4.69) is 59.2 Å². The van der Waals surface area contributed by atoms with Crippen molar-refractivity contribution in [2.75, 3.05) is 47.4 Å². The third-order valence-corrected chi connectivity index (χ3v) is 12.9. The molecule has 3 amide bonds. The fourth-order valence-electron chi connectivity index (χ4n) is 9.71. The topological polar surface area (TPSA) is 159 Å². The number of rotatable bonds is 18. The predicted molar refractivity (Wildman–Crippen MR) is 249 cm³/mol. The molecule has 2 aliphatic rings. The van der Waals surface area contributed by atoms with Gasteiger partial charge in [0.05, 0.1) is 30.0 Å². The molecule has 2 saturated heterocycles. The van der Waals surface area contributed by atoms with Crippen molar-refractivity contribution in [1.82, 2.24) is 35.1 Å². The molecule has 0 aliphatic carbocycles. The molecule has 0 spiro atoms. The Bertz CT molecular complexity index is 2310. The summed E-state index contributed by atoms with van der Waals surface area (Å²) in [6.45, 7) is 17.4. The van der Waals surface area contributed by atoms with Crippen molar-refractivity contribution < 1.29 is 33.8 Å². The van der Waals surface area contributed by atoms with E-state index < -0.39 is 23.4 Å². The van der Waals surface area contributed by atoms with Gasteiger partial charge in [-0.3, -0.25) is 29.2 Å². The number of fused-ring (bicyclic) bond motifs is 1. The highest BCUT2D eigenvalue weighted by molar-refractivity contribution is 5.96. The first-order valence-electron chi connectivity index (χ1n) is 22.8. The van der Waals surface area contributed by atoms with Gasteiger partial charge in [-0.15, -0.1) is 0 Å². The first-order valence-corrected chi connectivity index (χ1v) is 22.8. The van der Waals surface area contributed by atoms with Gasteiger partial charge in [0, 0.05) is 74.3 Å². The molecular weight excluding hydrogens is 811 g/mol. The number of benzene rings is 2. The molecule has 0 radical (unpaired) electrons. The average Bonchev–Trinajstić information content (AvgIpc) is 3.84. The van der Waals surface area contributed by atoms with Gasteiger partial charge in [0.1, 0.15) is 17.8 Å². The van der Waals surface area contributed by atoms with Crippen LogP contribution in [0.15, 0.2) is 54.7 Å². The van der Waals surface area contributed by atoms with Crippen molar-refractivity contribution in [3.8, 4) is 28.1 Å². The van der Waals surface area contributed by atoms with Crippen LogP contribution < -0.4 is 10.7 Å². The number of aromatic nitrogens is 2. The van der Waals surface area contributed by atoms with E-state index in [4.69, 9.17) is 14.5 Å². The number of amides is 3. The normalized spacial score (nSPS) is 18.5. The number of aryl methyl sites for hydroxylation is 1. The highest BCUT2D eigenvalue weighted by atomic mass is 16.5. The highest BCUT2D eigenvalue weighted by Crippen LogP contribution is 2.42. The summed E-state index contributed by atoms with van der Waals surface area (Å²) in [4.78, 5) is 62.3. The summed E-state index contributed by atoms with van der Waals surface area (Å²) >= 11 is 0. The van der Waals surface area contributed by atoms with E-state index in [0.717, 1.165) is 70.4 Å². The molecule has 2 aromatic carbocycles. The lowest BCUT2D eigenvalue weighted by molar-refractivity contribution is -0.146. The maximum absolute atomic E-state index is 14.5. The standard InChI is InChI=1S/C50H69N7O7/c1-11-56-43-17-16-35(26-40(43)41(27-50(6,7)29-64-30-58)46(56)39-15-12-19-51-44(39)33(5)63-10)37-22-34(23-38(59)25-37)24-42(49(62)57-20-13-14-32(4)53-57)52-47(60)45(31(2)3)55(9)48(61)36-18-21-54(8)28-36/h12,15-17,19,22-23,25-26,30-33,36,42,45,53,59H,11,13-14,18,20-21,24,27-29H2,1-10H3,(H,52,60)/t32-,33?,36?,42?,45?/m1/s1. The average molecular weight is 880 g/mol. The van der Waals surface area contributed by atoms with Crippen LogP contribution >= 0.6 is 0 Å². The lowest BCUT2D eigenvalue weighted by Gasteiger charge is -2.36. The summed E-state index contributed by atoms with van der Waals surface area (Å²) in [5.41, 5.74) is 9.98. The minimum Gasteiger partial charge on any atom is -0.508 e. The number of phenolic OH excluding ortho intramolecular Hbond substituents is 1. The second-order valence-corrected chi connectivity index (χ2v) is 19.1. The molecule has 14 nitrogen and oxygen atoms in total. The van der Waals surface area contributed by atoms with Crippen molar-refractivity contribution in [3.05, 3.63) is 71.5 Å². The van der Waals surface area contributed by atoms with Crippen molar-refractivity contribution in [3.63, 3.8) is 0 Å². The summed E-state index contributed by atoms with van der Waals surface area (Å²) in [7, 11) is 5.35. The number of pyridine rings is 1. The predicted octanol–water partition coefficient (Wildman–Crippen LogP) is 6.52. The number of carbonyl (C=O) groups is 4. The smallest absolute Gasteiger partial charge is 0.293 e. The molecule has 346 valence electrons. The van der Waals surface area contributed by atoms with Crippen molar-refractivity contribution in [2.24, 2.45) is 17.3 Å². The number of likely N-dealkylation sites (N-methyl/N-ethyl adjacent to an activating group) is 1. The zero-order valence-electron chi connectivity index (χ0n) is 39.4. The number of hydrogen-bond acceptors (Lipinski definition) is 10. The van der Waals surface area contributed by atoms with Crippen LogP contribution in [0.4, 0.5) is 0 Å². The Balaban J connectivity index is 1.41. The Hall–Kier alpha value is -5.31. The minimum absolute atomic E-state index is 0.0227. The number of phenols is 1. The van der Waals surface area contributed by atoms with Gasteiger partial charge in [0.2, 0.25) is 11.8 Å². The molecule has 4 heterocycles. The van der Waals surface area contributed by atoms with Gasteiger partial charge in [-0.2, -0.15) is 0 Å². The minimum atomic E-state index is -0.989. The molecule has 5 atom stereocenters. The molecule has 2 fully saturated rings. The number of carbonyl (C=O) groups excluding carboxylic acids is 4. The van der Waals surface area contributed by atoms with E-state index in [1.807, 2.05) is 52.9 Å². The van der Waals surface area contributed by atoms with Gasteiger partial charge in [0.25, 0.3) is 12.4 Å². The summed E-state index contributed by atoms with van der Waals surface area (Å²) < 4.78 is 13.4. The third kappa shape index (κ3) is 10.8. The molecule has 2 aliphatic heterocycles. The molecule has 3 N–H and O–H groups in total. The SMILES string of the molecule is CCn1c(-c2cccnc2C(C)OC)c(CC(C)(C)COC=O)c2cc(-c3cc(O)cc(CC(NC(=O)C(C(C)C)N(C)C(=O)C4CCN(C)C4)C(=O)N4CCC[C@@H](C)N4)c3)ccc21. The van der Waals surface area contributed by atoms with Gasteiger partial charge in [0.15, 0.2) is 0 Å². The van der Waals surface area contributed by atoms with Crippen LogP contribution in [0.1, 0.15) is 90.7 Å². The van der Waals surface area contributed by atoms with Crippen molar-refractivity contribution >= 4 is 35.1 Å². The fourth-order valence-corrected chi connectivity index (χ4v) is 9.71. The van der Waals surface area contributed by atoms with E-state index in [1.165, 1.54) is 0 Å². The van der Waals surface area contributed by atoms with E-state index in [9.17, 15) is 24.3 Å². The van der Waals surface area contributed by atoms with Crippen molar-refractivity contribution in [2.45, 2.75) is 111 Å². The van der Waals surface area contributed by atoms with Crippen molar-refractivity contribution in [1.29, 1.82) is 0 Å². The monoisotopic (exact) mass is 880 g/mol. The third-order valence-electron chi connectivity index (χ3n) is 12.9. The maximum Gasteiger partial charge on any atom is 0.293 e.